The number of pyridine rings is 1. The maximum Gasteiger partial charge on any atom is 0.200 e. The van der Waals surface area contributed by atoms with Gasteiger partial charge in [0.05, 0.1) is 36.0 Å². The molecule has 0 saturated heterocycles. The van der Waals surface area contributed by atoms with E-state index in [4.69, 9.17) is 9.84 Å². The molecule has 4 aromatic rings. The highest BCUT2D eigenvalue weighted by atomic mass is 19.2. The Balaban J connectivity index is 1.40. The predicted octanol–water partition coefficient (Wildman–Crippen LogP) is 4.70. The highest BCUT2D eigenvalue weighted by Gasteiger charge is 2.29. The summed E-state index contributed by atoms with van der Waals surface area (Å²) in [6.45, 7) is 5.99. The molecule has 3 heterocycles. The maximum absolute atomic E-state index is 14.1. The van der Waals surface area contributed by atoms with Gasteiger partial charge in [0.2, 0.25) is 5.82 Å². The molecule has 1 aliphatic carbocycles. The summed E-state index contributed by atoms with van der Waals surface area (Å²) in [6.07, 6.45) is 6.97. The van der Waals surface area contributed by atoms with Crippen LogP contribution in [0.1, 0.15) is 52.5 Å². The van der Waals surface area contributed by atoms with Gasteiger partial charge in [0, 0.05) is 36.0 Å². The number of nitrogens with zero attached hydrogens (tertiary/aromatic N) is 5. The molecule has 1 fully saturated rings. The largest absolute Gasteiger partial charge is 0.487 e. The molecule has 5 rings (SSSR count). The molecule has 9 nitrogen and oxygen atoms in total. The third kappa shape index (κ3) is 5.74. The van der Waals surface area contributed by atoms with Gasteiger partial charge in [-0.2, -0.15) is 14.6 Å². The first-order valence-corrected chi connectivity index (χ1v) is 13.3. The number of hydrogen-bond donors (Lipinski definition) is 3. The van der Waals surface area contributed by atoms with Crippen molar-refractivity contribution >= 4 is 16.7 Å². The SMILES string of the molecule is CCNc1cc2c(cn1)c(-c1cnn(C[C@H](O)C(C)(C)O)c1)nn2C1CCC(Oc2cccc(F)c2F)CC1. The second-order valence-electron chi connectivity index (χ2n) is 10.6. The van der Waals surface area contributed by atoms with Crippen molar-refractivity contribution in [3.05, 3.63) is 54.5 Å². The zero-order chi connectivity index (χ0) is 27.7. The minimum atomic E-state index is -1.25. The quantitative estimate of drug-likeness (QED) is 0.282. The van der Waals surface area contributed by atoms with Crippen molar-refractivity contribution in [3.63, 3.8) is 0 Å². The number of aromatic nitrogens is 5. The van der Waals surface area contributed by atoms with Gasteiger partial charge in [-0.05, 0) is 58.6 Å². The lowest BCUT2D eigenvalue weighted by atomic mass is 9.93. The lowest BCUT2D eigenvalue weighted by Gasteiger charge is -2.29. The molecule has 0 spiro atoms. The predicted molar refractivity (Wildman–Crippen MR) is 143 cm³/mol. The van der Waals surface area contributed by atoms with E-state index in [0.29, 0.717) is 12.8 Å². The van der Waals surface area contributed by atoms with E-state index in [9.17, 15) is 19.0 Å². The number of fused-ring (bicyclic) bond motifs is 1. The molecule has 0 amide bonds. The molecule has 0 unspecified atom stereocenters. The average Bonchev–Trinajstić information content (AvgIpc) is 3.51. The molecule has 1 aromatic carbocycles. The Morgan fingerprint density at radius 3 is 2.67 bits per heavy atom. The number of nitrogens with one attached hydrogen (secondary N) is 1. The molecule has 0 radical (unpaired) electrons. The third-order valence-electron chi connectivity index (χ3n) is 7.23. The van der Waals surface area contributed by atoms with Crippen LogP contribution in [-0.2, 0) is 6.54 Å². The van der Waals surface area contributed by atoms with E-state index in [1.807, 2.05) is 17.7 Å². The molecule has 3 N–H and O–H groups in total. The maximum atomic E-state index is 14.1. The van der Waals surface area contributed by atoms with Gasteiger partial charge in [0.1, 0.15) is 17.6 Å². The van der Waals surface area contributed by atoms with Crippen molar-refractivity contribution in [2.45, 2.75) is 76.9 Å². The number of aliphatic hydroxyl groups is 2. The van der Waals surface area contributed by atoms with Crippen LogP contribution >= 0.6 is 0 Å². The van der Waals surface area contributed by atoms with Crippen LogP contribution in [0.3, 0.4) is 0 Å². The monoisotopic (exact) mass is 540 g/mol. The molecule has 39 heavy (non-hydrogen) atoms. The van der Waals surface area contributed by atoms with Crippen LogP contribution in [0.2, 0.25) is 0 Å². The molecule has 11 heteroatoms. The van der Waals surface area contributed by atoms with Gasteiger partial charge in [-0.15, -0.1) is 0 Å². The Hall–Kier alpha value is -3.57. The first kappa shape index (κ1) is 27.0. The van der Waals surface area contributed by atoms with Crippen LogP contribution in [0.5, 0.6) is 5.75 Å². The summed E-state index contributed by atoms with van der Waals surface area (Å²) in [5.74, 6) is -1.18. The summed E-state index contributed by atoms with van der Waals surface area (Å²) in [6, 6.07) is 6.05. The lowest BCUT2D eigenvalue weighted by molar-refractivity contribution is -0.0566. The van der Waals surface area contributed by atoms with Crippen molar-refractivity contribution in [1.82, 2.24) is 24.5 Å². The van der Waals surface area contributed by atoms with Gasteiger partial charge >= 0.3 is 0 Å². The standard InChI is InChI=1S/C28H34F2N6O3/c1-4-31-25-12-22-20(14-32-25)27(17-13-33-35(15-17)16-24(37)28(2,3)38)34-36(22)18-8-10-19(11-9-18)39-23-7-5-6-21(29)26(23)30/h5-7,12-15,18-19,24,37-38H,4,8-11,16H2,1-3H3,(H,31,32)/t18?,19?,24-/m0/s1. The third-order valence-corrected chi connectivity index (χ3v) is 7.23. The van der Waals surface area contributed by atoms with Gasteiger partial charge < -0.3 is 20.3 Å². The van der Waals surface area contributed by atoms with Crippen LogP contribution < -0.4 is 10.1 Å². The number of aliphatic hydroxyl groups excluding tert-OH is 1. The Labute approximate surface area is 225 Å². The van der Waals surface area contributed by atoms with Crippen molar-refractivity contribution in [2.24, 2.45) is 0 Å². The molecule has 0 bridgehead atoms. The highest BCUT2D eigenvalue weighted by Crippen LogP contribution is 2.37. The van der Waals surface area contributed by atoms with Crippen LogP contribution in [0.4, 0.5) is 14.6 Å². The minimum Gasteiger partial charge on any atom is -0.487 e. The Morgan fingerprint density at radius 2 is 1.95 bits per heavy atom. The van der Waals surface area contributed by atoms with E-state index >= 15 is 0 Å². The van der Waals surface area contributed by atoms with Gasteiger partial charge in [-0.1, -0.05) is 6.07 Å². The summed E-state index contributed by atoms with van der Waals surface area (Å²) >= 11 is 0. The molecule has 1 aliphatic rings. The van der Waals surface area contributed by atoms with E-state index in [1.54, 1.807) is 37.1 Å². The van der Waals surface area contributed by atoms with Crippen molar-refractivity contribution in [1.29, 1.82) is 0 Å². The summed E-state index contributed by atoms with van der Waals surface area (Å²) in [5, 5.41) is 33.9. The fourth-order valence-electron chi connectivity index (χ4n) is 4.95. The van der Waals surface area contributed by atoms with Crippen LogP contribution in [-0.4, -0.2) is 59.1 Å². The highest BCUT2D eigenvalue weighted by molar-refractivity contribution is 5.93. The first-order valence-electron chi connectivity index (χ1n) is 13.3. The molecule has 3 aromatic heterocycles. The number of benzene rings is 1. The zero-order valence-corrected chi connectivity index (χ0v) is 22.3. The molecular weight excluding hydrogens is 506 g/mol. The van der Waals surface area contributed by atoms with E-state index in [2.05, 4.69) is 15.4 Å². The molecular formula is C28H34F2N6O3. The smallest absolute Gasteiger partial charge is 0.200 e. The fraction of sp³-hybridized carbons (Fsp3) is 0.464. The first-order chi connectivity index (χ1) is 18.6. The summed E-state index contributed by atoms with van der Waals surface area (Å²) in [7, 11) is 0. The van der Waals surface area contributed by atoms with Crippen molar-refractivity contribution < 1.29 is 23.7 Å². The van der Waals surface area contributed by atoms with E-state index in [0.717, 1.165) is 53.4 Å². The minimum absolute atomic E-state index is 0.0571. The summed E-state index contributed by atoms with van der Waals surface area (Å²) < 4.78 is 37.1. The van der Waals surface area contributed by atoms with Crippen LogP contribution in [0, 0.1) is 11.6 Å². The topological polar surface area (TPSA) is 110 Å². The number of hydrogen-bond acceptors (Lipinski definition) is 7. The Kier molecular flexibility index (Phi) is 7.55. The van der Waals surface area contributed by atoms with Crippen LogP contribution in [0.15, 0.2) is 42.9 Å². The van der Waals surface area contributed by atoms with Crippen molar-refractivity contribution in [2.75, 3.05) is 11.9 Å². The lowest BCUT2D eigenvalue weighted by Crippen LogP contribution is -2.39. The molecule has 1 atom stereocenters. The van der Waals surface area contributed by atoms with Crippen LogP contribution in [0.25, 0.3) is 22.2 Å². The second-order valence-corrected chi connectivity index (χ2v) is 10.6. The Bertz CT molecular complexity index is 1440. The van der Waals surface area contributed by atoms with Gasteiger partial charge in [-0.25, -0.2) is 9.37 Å². The number of anilines is 1. The van der Waals surface area contributed by atoms with Gasteiger partial charge in [-0.3, -0.25) is 9.36 Å². The normalized spacial score (nSPS) is 18.8. The Morgan fingerprint density at radius 1 is 1.18 bits per heavy atom. The van der Waals surface area contributed by atoms with E-state index in [1.165, 1.54) is 12.1 Å². The van der Waals surface area contributed by atoms with E-state index < -0.39 is 23.3 Å². The number of halogens is 2. The average molecular weight is 541 g/mol. The summed E-state index contributed by atoms with van der Waals surface area (Å²) in [5.41, 5.74) is 1.18. The van der Waals surface area contributed by atoms with Gasteiger partial charge in [0.25, 0.3) is 0 Å². The second kappa shape index (κ2) is 10.9. The molecule has 1 saturated carbocycles. The van der Waals surface area contributed by atoms with E-state index in [-0.39, 0.29) is 24.4 Å². The summed E-state index contributed by atoms with van der Waals surface area (Å²) in [4.78, 5) is 4.55. The number of rotatable bonds is 9. The zero-order valence-electron chi connectivity index (χ0n) is 22.3. The molecule has 0 aliphatic heterocycles. The number of ether oxygens (including phenoxy) is 1. The van der Waals surface area contributed by atoms with Crippen molar-refractivity contribution in [3.8, 4) is 17.0 Å². The van der Waals surface area contributed by atoms with Gasteiger partial charge in [0.15, 0.2) is 11.6 Å². The molecule has 208 valence electrons. The fourth-order valence-corrected chi connectivity index (χ4v) is 4.95.